The van der Waals surface area contributed by atoms with Gasteiger partial charge >= 0.3 is 0 Å². The molecule has 0 aliphatic heterocycles. The van der Waals surface area contributed by atoms with E-state index in [-0.39, 0.29) is 12.3 Å². The number of halogens is 1. The maximum atomic E-state index is 12.2. The molecule has 1 amide bonds. The second-order valence-electron chi connectivity index (χ2n) is 5.32. The average Bonchev–Trinajstić information content (AvgIpc) is 2.43. The van der Waals surface area contributed by atoms with Crippen molar-refractivity contribution in [1.29, 1.82) is 0 Å². The molecule has 2 aromatic rings. The lowest BCUT2D eigenvalue weighted by atomic mass is 9.92. The molecule has 2 aromatic carbocycles. The maximum absolute atomic E-state index is 12.2. The Morgan fingerprint density at radius 1 is 1.24 bits per heavy atom. The van der Waals surface area contributed by atoms with Gasteiger partial charge in [0.2, 0.25) is 5.91 Å². The Morgan fingerprint density at radius 3 is 2.57 bits per heavy atom. The molecule has 110 valence electrons. The number of rotatable bonds is 4. The summed E-state index contributed by atoms with van der Waals surface area (Å²) < 4.78 is 0.901. The molecule has 0 aliphatic rings. The van der Waals surface area contributed by atoms with E-state index in [1.165, 1.54) is 0 Å². The molecule has 0 aliphatic carbocycles. The van der Waals surface area contributed by atoms with Crippen molar-refractivity contribution in [2.24, 2.45) is 0 Å². The third kappa shape index (κ3) is 4.16. The van der Waals surface area contributed by atoms with Crippen molar-refractivity contribution in [2.75, 3.05) is 5.32 Å². The normalized spacial score (nSPS) is 13.5. The van der Waals surface area contributed by atoms with Crippen molar-refractivity contribution < 1.29 is 9.90 Å². The zero-order chi connectivity index (χ0) is 15.5. The summed E-state index contributed by atoms with van der Waals surface area (Å²) in [6.45, 7) is 3.58. The van der Waals surface area contributed by atoms with Gasteiger partial charge in [0.05, 0.1) is 12.0 Å². The Morgan fingerprint density at radius 2 is 1.90 bits per heavy atom. The van der Waals surface area contributed by atoms with E-state index in [2.05, 4.69) is 21.2 Å². The van der Waals surface area contributed by atoms with E-state index in [0.717, 1.165) is 21.3 Å². The molecule has 3 nitrogen and oxygen atoms in total. The number of carbonyl (C=O) groups is 1. The zero-order valence-electron chi connectivity index (χ0n) is 12.1. The first-order valence-corrected chi connectivity index (χ1v) is 7.52. The van der Waals surface area contributed by atoms with Crippen LogP contribution in [0.3, 0.4) is 0 Å². The number of hydrogen-bond acceptors (Lipinski definition) is 2. The number of amides is 1. The van der Waals surface area contributed by atoms with Gasteiger partial charge in [-0.25, -0.2) is 0 Å². The number of nitrogens with one attached hydrogen (secondary N) is 1. The topological polar surface area (TPSA) is 49.3 Å². The summed E-state index contributed by atoms with van der Waals surface area (Å²) in [5.41, 5.74) is 1.26. The summed E-state index contributed by atoms with van der Waals surface area (Å²) in [5.74, 6) is -0.218. The van der Waals surface area contributed by atoms with Crippen molar-refractivity contribution in [3.63, 3.8) is 0 Å². The molecule has 0 unspecified atom stereocenters. The summed E-state index contributed by atoms with van der Waals surface area (Å²) in [5, 5.41) is 13.3. The fourth-order valence-corrected chi connectivity index (χ4v) is 2.50. The molecular weight excluding hydrogens is 330 g/mol. The Labute approximate surface area is 133 Å². The van der Waals surface area contributed by atoms with Gasteiger partial charge < -0.3 is 10.4 Å². The van der Waals surface area contributed by atoms with Crippen LogP contribution in [0.4, 0.5) is 5.69 Å². The molecule has 2 N–H and O–H groups in total. The van der Waals surface area contributed by atoms with E-state index in [1.807, 2.05) is 55.5 Å². The number of anilines is 1. The molecule has 0 aromatic heterocycles. The molecule has 0 radical (unpaired) electrons. The summed E-state index contributed by atoms with van der Waals surface area (Å²) >= 11 is 3.38. The molecule has 0 spiro atoms. The summed E-state index contributed by atoms with van der Waals surface area (Å²) in [6.07, 6.45) is 0.00294. The van der Waals surface area contributed by atoms with Crippen LogP contribution in [0.15, 0.2) is 53.0 Å². The van der Waals surface area contributed by atoms with Gasteiger partial charge in [0.15, 0.2) is 0 Å². The van der Waals surface area contributed by atoms with E-state index in [4.69, 9.17) is 0 Å². The maximum Gasteiger partial charge on any atom is 0.227 e. The highest BCUT2D eigenvalue weighted by Gasteiger charge is 2.26. The molecule has 1 atom stereocenters. The van der Waals surface area contributed by atoms with E-state index in [0.29, 0.717) is 0 Å². The molecule has 4 heteroatoms. The smallest absolute Gasteiger partial charge is 0.227 e. The van der Waals surface area contributed by atoms with Gasteiger partial charge in [-0.1, -0.05) is 52.3 Å². The molecule has 0 bridgehead atoms. The fraction of sp³-hybridized carbons (Fsp3) is 0.235. The van der Waals surface area contributed by atoms with E-state index >= 15 is 0 Å². The Balaban J connectivity index is 2.09. The highest BCUT2D eigenvalue weighted by Crippen LogP contribution is 2.26. The monoisotopic (exact) mass is 347 g/mol. The Bertz CT molecular complexity index is 638. The standard InChI is InChI=1S/C17H18BrNO2/c1-12-8-9-14(18)10-15(12)19-16(20)11-17(2,21)13-6-4-3-5-7-13/h3-10,21H,11H2,1-2H3,(H,19,20)/t17-/m1/s1. The highest BCUT2D eigenvalue weighted by molar-refractivity contribution is 9.10. The third-order valence-corrected chi connectivity index (χ3v) is 3.87. The van der Waals surface area contributed by atoms with E-state index in [9.17, 15) is 9.90 Å². The summed E-state index contributed by atoms with van der Waals surface area (Å²) in [7, 11) is 0. The first-order valence-electron chi connectivity index (χ1n) is 6.72. The Kier molecular flexibility index (Phi) is 4.80. The predicted molar refractivity (Wildman–Crippen MR) is 88.1 cm³/mol. The van der Waals surface area contributed by atoms with Crippen LogP contribution in [0.1, 0.15) is 24.5 Å². The van der Waals surface area contributed by atoms with Crippen LogP contribution < -0.4 is 5.32 Å². The van der Waals surface area contributed by atoms with Gasteiger partial charge in [0.1, 0.15) is 0 Å². The van der Waals surface area contributed by atoms with Crippen LogP contribution in [-0.4, -0.2) is 11.0 Å². The summed E-state index contributed by atoms with van der Waals surface area (Å²) in [6, 6.07) is 14.9. The van der Waals surface area contributed by atoms with Gasteiger partial charge in [-0.15, -0.1) is 0 Å². The van der Waals surface area contributed by atoms with Crippen molar-refractivity contribution in [1.82, 2.24) is 0 Å². The van der Waals surface area contributed by atoms with Gasteiger partial charge in [-0.2, -0.15) is 0 Å². The molecule has 0 saturated carbocycles. The first-order chi connectivity index (χ1) is 9.88. The third-order valence-electron chi connectivity index (χ3n) is 3.37. The number of aliphatic hydroxyl groups is 1. The predicted octanol–water partition coefficient (Wildman–Crippen LogP) is 3.99. The number of carbonyl (C=O) groups excluding carboxylic acids is 1. The van der Waals surface area contributed by atoms with Crippen molar-refractivity contribution in [3.05, 3.63) is 64.1 Å². The Hall–Kier alpha value is -1.65. The molecule has 2 rings (SSSR count). The lowest BCUT2D eigenvalue weighted by Crippen LogP contribution is -2.28. The van der Waals surface area contributed by atoms with E-state index < -0.39 is 5.60 Å². The van der Waals surface area contributed by atoms with Gasteiger partial charge in [0, 0.05) is 10.2 Å². The van der Waals surface area contributed by atoms with Crippen LogP contribution in [0.25, 0.3) is 0 Å². The number of aryl methyl sites for hydroxylation is 1. The molecule has 0 fully saturated rings. The van der Waals surface area contributed by atoms with Gasteiger partial charge in [-0.05, 0) is 37.1 Å². The SMILES string of the molecule is Cc1ccc(Br)cc1NC(=O)C[C@@](C)(O)c1ccccc1. The second kappa shape index (κ2) is 6.41. The number of benzene rings is 2. The minimum Gasteiger partial charge on any atom is -0.385 e. The number of hydrogen-bond donors (Lipinski definition) is 2. The quantitative estimate of drug-likeness (QED) is 0.878. The van der Waals surface area contributed by atoms with Crippen LogP contribution in [0.5, 0.6) is 0 Å². The molecule has 0 saturated heterocycles. The lowest BCUT2D eigenvalue weighted by molar-refractivity contribution is -0.120. The first kappa shape index (κ1) is 15.7. The minimum absolute atomic E-state index is 0.00294. The van der Waals surface area contributed by atoms with Crippen LogP contribution in [0.2, 0.25) is 0 Å². The minimum atomic E-state index is -1.19. The zero-order valence-corrected chi connectivity index (χ0v) is 13.6. The molecular formula is C17H18BrNO2. The van der Waals surface area contributed by atoms with Crippen LogP contribution >= 0.6 is 15.9 Å². The molecule has 0 heterocycles. The average molecular weight is 348 g/mol. The van der Waals surface area contributed by atoms with Crippen LogP contribution in [-0.2, 0) is 10.4 Å². The van der Waals surface area contributed by atoms with Crippen molar-refractivity contribution in [2.45, 2.75) is 25.9 Å². The van der Waals surface area contributed by atoms with Gasteiger partial charge in [0.25, 0.3) is 0 Å². The molecule has 21 heavy (non-hydrogen) atoms. The van der Waals surface area contributed by atoms with E-state index in [1.54, 1.807) is 6.92 Å². The van der Waals surface area contributed by atoms with Gasteiger partial charge in [-0.3, -0.25) is 4.79 Å². The highest BCUT2D eigenvalue weighted by atomic mass is 79.9. The largest absolute Gasteiger partial charge is 0.385 e. The summed E-state index contributed by atoms with van der Waals surface area (Å²) in [4.78, 5) is 12.2. The van der Waals surface area contributed by atoms with Crippen molar-refractivity contribution >= 4 is 27.5 Å². The van der Waals surface area contributed by atoms with Crippen LogP contribution in [0, 0.1) is 6.92 Å². The van der Waals surface area contributed by atoms with Crippen molar-refractivity contribution in [3.8, 4) is 0 Å². The lowest BCUT2D eigenvalue weighted by Gasteiger charge is -2.23. The second-order valence-corrected chi connectivity index (χ2v) is 6.24. The fourth-order valence-electron chi connectivity index (χ4n) is 2.14.